The molecular formula is C40H78NO3-. The SMILES string of the molecule is CCCCCCCCCCCCCCCCCCN(CCCCCCCCCCCCCCCCCC)C(=O)CCC(=O)[O-]. The van der Waals surface area contributed by atoms with Crippen LogP contribution in [0.25, 0.3) is 0 Å². The maximum Gasteiger partial charge on any atom is 0.222 e. The summed E-state index contributed by atoms with van der Waals surface area (Å²) in [6.07, 6.45) is 43.0. The molecule has 0 atom stereocenters. The topological polar surface area (TPSA) is 60.4 Å². The summed E-state index contributed by atoms with van der Waals surface area (Å²) >= 11 is 0. The predicted molar refractivity (Wildman–Crippen MR) is 190 cm³/mol. The first-order chi connectivity index (χ1) is 21.6. The number of unbranched alkanes of at least 4 members (excludes halogenated alkanes) is 30. The van der Waals surface area contributed by atoms with E-state index >= 15 is 0 Å². The molecule has 0 aromatic rings. The van der Waals surface area contributed by atoms with Crippen molar-refractivity contribution in [1.29, 1.82) is 0 Å². The number of carbonyl (C=O) groups is 2. The molecule has 44 heavy (non-hydrogen) atoms. The average Bonchev–Trinajstić information content (AvgIpc) is 3.02. The van der Waals surface area contributed by atoms with E-state index in [0.29, 0.717) is 0 Å². The molecule has 0 spiro atoms. The van der Waals surface area contributed by atoms with E-state index < -0.39 is 5.97 Å². The third kappa shape index (κ3) is 33.8. The van der Waals surface area contributed by atoms with Gasteiger partial charge in [-0.2, -0.15) is 0 Å². The Morgan fingerprint density at radius 1 is 0.364 bits per heavy atom. The number of aliphatic carboxylic acids is 1. The van der Waals surface area contributed by atoms with E-state index in [1.807, 2.05) is 4.90 Å². The van der Waals surface area contributed by atoms with Gasteiger partial charge in [0.15, 0.2) is 0 Å². The third-order valence-corrected chi connectivity index (χ3v) is 9.46. The fourth-order valence-electron chi connectivity index (χ4n) is 6.43. The third-order valence-electron chi connectivity index (χ3n) is 9.46. The van der Waals surface area contributed by atoms with Gasteiger partial charge >= 0.3 is 0 Å². The maximum atomic E-state index is 12.7. The quantitative estimate of drug-likeness (QED) is 0.0649. The Morgan fingerprint density at radius 2 is 0.591 bits per heavy atom. The molecule has 0 aliphatic rings. The van der Waals surface area contributed by atoms with E-state index in [9.17, 15) is 14.7 Å². The van der Waals surface area contributed by atoms with Gasteiger partial charge in [0, 0.05) is 25.5 Å². The van der Waals surface area contributed by atoms with Crippen molar-refractivity contribution in [2.75, 3.05) is 13.1 Å². The summed E-state index contributed by atoms with van der Waals surface area (Å²) in [4.78, 5) is 25.5. The molecule has 0 saturated carbocycles. The molecular weight excluding hydrogens is 542 g/mol. The Labute approximate surface area is 276 Å². The van der Waals surface area contributed by atoms with Crippen molar-refractivity contribution in [3.8, 4) is 0 Å². The van der Waals surface area contributed by atoms with Crippen LogP contribution in [0.2, 0.25) is 0 Å². The average molecular weight is 621 g/mol. The van der Waals surface area contributed by atoms with E-state index in [4.69, 9.17) is 0 Å². The highest BCUT2D eigenvalue weighted by Gasteiger charge is 2.12. The largest absolute Gasteiger partial charge is 0.550 e. The molecule has 4 nitrogen and oxygen atoms in total. The van der Waals surface area contributed by atoms with Crippen LogP contribution >= 0.6 is 0 Å². The lowest BCUT2D eigenvalue weighted by Gasteiger charge is -2.23. The molecule has 0 saturated heterocycles. The molecule has 0 heterocycles. The van der Waals surface area contributed by atoms with E-state index in [1.165, 1.54) is 193 Å². The predicted octanol–water partition coefficient (Wildman–Crippen LogP) is 11.9. The molecule has 0 rings (SSSR count). The van der Waals surface area contributed by atoms with Crippen molar-refractivity contribution in [2.24, 2.45) is 0 Å². The molecule has 0 aromatic heterocycles. The van der Waals surface area contributed by atoms with Gasteiger partial charge in [0.05, 0.1) is 0 Å². The van der Waals surface area contributed by atoms with Gasteiger partial charge in [-0.05, 0) is 19.3 Å². The van der Waals surface area contributed by atoms with Crippen molar-refractivity contribution < 1.29 is 14.7 Å². The number of carboxylic acid groups (broad SMARTS) is 1. The van der Waals surface area contributed by atoms with Crippen LogP contribution in [0.5, 0.6) is 0 Å². The molecule has 0 fully saturated rings. The second kappa shape index (κ2) is 36.4. The highest BCUT2D eigenvalue weighted by Crippen LogP contribution is 2.16. The number of amides is 1. The zero-order valence-electron chi connectivity index (χ0n) is 30.1. The van der Waals surface area contributed by atoms with Gasteiger partial charge in [0.25, 0.3) is 0 Å². The highest BCUT2D eigenvalue weighted by atomic mass is 16.4. The summed E-state index contributed by atoms with van der Waals surface area (Å²) in [5, 5.41) is 10.9. The number of rotatable bonds is 37. The first kappa shape index (κ1) is 42.9. The van der Waals surface area contributed by atoms with E-state index in [1.54, 1.807) is 0 Å². The second-order valence-corrected chi connectivity index (χ2v) is 13.9. The number of hydrogen-bond acceptors (Lipinski definition) is 3. The van der Waals surface area contributed by atoms with Crippen molar-refractivity contribution in [3.63, 3.8) is 0 Å². The Hall–Kier alpha value is -1.06. The summed E-state index contributed by atoms with van der Waals surface area (Å²) < 4.78 is 0. The van der Waals surface area contributed by atoms with Crippen LogP contribution < -0.4 is 5.11 Å². The number of nitrogens with zero attached hydrogens (tertiary/aromatic N) is 1. The summed E-state index contributed by atoms with van der Waals surface area (Å²) in [5.74, 6) is -1.13. The molecule has 0 unspecified atom stereocenters. The first-order valence-electron chi connectivity index (χ1n) is 20.1. The van der Waals surface area contributed by atoms with Crippen molar-refractivity contribution >= 4 is 11.9 Å². The van der Waals surface area contributed by atoms with Crippen LogP contribution in [0.4, 0.5) is 0 Å². The van der Waals surface area contributed by atoms with Gasteiger partial charge in [-0.3, -0.25) is 4.79 Å². The molecule has 0 aromatic carbocycles. The summed E-state index contributed by atoms with van der Waals surface area (Å²) in [6.45, 7) is 6.13. The minimum Gasteiger partial charge on any atom is -0.550 e. The van der Waals surface area contributed by atoms with Crippen LogP contribution in [0.15, 0.2) is 0 Å². The number of carboxylic acids is 1. The summed E-state index contributed by atoms with van der Waals surface area (Å²) in [7, 11) is 0. The van der Waals surface area contributed by atoms with E-state index in [0.717, 1.165) is 25.9 Å². The van der Waals surface area contributed by atoms with Crippen LogP contribution in [-0.2, 0) is 9.59 Å². The zero-order valence-corrected chi connectivity index (χ0v) is 30.1. The lowest BCUT2D eigenvalue weighted by molar-refractivity contribution is -0.305. The van der Waals surface area contributed by atoms with Crippen LogP contribution in [0.3, 0.4) is 0 Å². The van der Waals surface area contributed by atoms with Gasteiger partial charge in [-0.15, -0.1) is 0 Å². The zero-order chi connectivity index (χ0) is 32.2. The maximum absolute atomic E-state index is 12.7. The van der Waals surface area contributed by atoms with Gasteiger partial charge < -0.3 is 14.8 Å². The monoisotopic (exact) mass is 621 g/mol. The Bertz CT molecular complexity index is 557. The van der Waals surface area contributed by atoms with Crippen LogP contribution in [0.1, 0.15) is 232 Å². The molecule has 0 bridgehead atoms. The standard InChI is InChI=1S/C40H79NO3/c1-3-5-7-9-11-13-15-17-19-21-23-25-27-29-31-33-37-41(39(42)35-36-40(43)44)38-34-32-30-28-26-24-22-20-18-16-14-12-10-8-6-4-2/h3-38H2,1-2H3,(H,43,44)/p-1. The van der Waals surface area contributed by atoms with Gasteiger partial charge in [-0.1, -0.05) is 206 Å². The smallest absolute Gasteiger partial charge is 0.222 e. The van der Waals surface area contributed by atoms with E-state index in [2.05, 4.69) is 13.8 Å². The minimum absolute atomic E-state index is 0.00359. The lowest BCUT2D eigenvalue weighted by Crippen LogP contribution is -2.34. The number of hydrogen-bond donors (Lipinski definition) is 0. The second-order valence-electron chi connectivity index (χ2n) is 13.9. The Balaban J connectivity index is 3.75. The van der Waals surface area contributed by atoms with Crippen molar-refractivity contribution in [3.05, 3.63) is 0 Å². The highest BCUT2D eigenvalue weighted by molar-refractivity contribution is 5.80. The van der Waals surface area contributed by atoms with Gasteiger partial charge in [0.2, 0.25) is 5.91 Å². The van der Waals surface area contributed by atoms with Crippen LogP contribution in [0, 0.1) is 0 Å². The Morgan fingerprint density at radius 3 is 0.818 bits per heavy atom. The normalized spacial score (nSPS) is 11.3. The molecule has 262 valence electrons. The molecule has 0 N–H and O–H groups in total. The molecule has 0 radical (unpaired) electrons. The van der Waals surface area contributed by atoms with E-state index in [-0.39, 0.29) is 18.7 Å². The lowest BCUT2D eigenvalue weighted by atomic mass is 10.0. The fraction of sp³-hybridized carbons (Fsp3) is 0.950. The molecule has 0 aliphatic heterocycles. The Kier molecular flexibility index (Phi) is 35.5. The van der Waals surface area contributed by atoms with Crippen molar-refractivity contribution in [1.82, 2.24) is 4.90 Å². The van der Waals surface area contributed by atoms with Crippen LogP contribution in [-0.4, -0.2) is 29.9 Å². The van der Waals surface area contributed by atoms with Crippen molar-refractivity contribution in [2.45, 2.75) is 232 Å². The van der Waals surface area contributed by atoms with Gasteiger partial charge in [-0.25, -0.2) is 0 Å². The fourth-order valence-corrected chi connectivity index (χ4v) is 6.43. The molecule has 0 aliphatic carbocycles. The van der Waals surface area contributed by atoms with Gasteiger partial charge in [0.1, 0.15) is 0 Å². The molecule has 4 heteroatoms. The number of carbonyl (C=O) groups excluding carboxylic acids is 2. The minimum atomic E-state index is -1.12. The first-order valence-corrected chi connectivity index (χ1v) is 20.1. The summed E-state index contributed by atoms with van der Waals surface area (Å²) in [6, 6.07) is 0. The molecule has 1 amide bonds. The summed E-state index contributed by atoms with van der Waals surface area (Å²) in [5.41, 5.74) is 0.